The summed E-state index contributed by atoms with van der Waals surface area (Å²) in [7, 11) is 0. The van der Waals surface area contributed by atoms with Crippen LogP contribution in [0.1, 0.15) is 37.7 Å². The highest BCUT2D eigenvalue weighted by atomic mass is 16.7. The molecule has 0 fully saturated rings. The van der Waals surface area contributed by atoms with Crippen molar-refractivity contribution in [2.45, 2.75) is 33.5 Å². The van der Waals surface area contributed by atoms with Gasteiger partial charge in [0, 0.05) is 37.1 Å². The zero-order valence-electron chi connectivity index (χ0n) is 18.4. The lowest BCUT2D eigenvalue weighted by molar-refractivity contribution is -0.138. The summed E-state index contributed by atoms with van der Waals surface area (Å²) in [4.78, 5) is 17.7. The van der Waals surface area contributed by atoms with E-state index >= 15 is 0 Å². The standard InChI is InChI=1S/C25H30N2O4/c1-4-29-20-13-11-18(12-14-20)22-17-19-9-7-8-10-21(19)24(27-22)25(28)26-16-15-23(30-5-2)31-6-3/h7-14,17,23H,4-6,15-16H2,1-3H3,(H,26,28). The lowest BCUT2D eigenvalue weighted by Gasteiger charge is -2.17. The van der Waals surface area contributed by atoms with E-state index in [-0.39, 0.29) is 12.2 Å². The molecule has 0 saturated heterocycles. The van der Waals surface area contributed by atoms with Crippen molar-refractivity contribution < 1.29 is 19.0 Å². The number of carbonyl (C=O) groups is 1. The van der Waals surface area contributed by atoms with E-state index in [0.29, 0.717) is 38.5 Å². The summed E-state index contributed by atoms with van der Waals surface area (Å²) in [6, 6.07) is 17.5. The summed E-state index contributed by atoms with van der Waals surface area (Å²) in [6.07, 6.45) is 0.249. The smallest absolute Gasteiger partial charge is 0.270 e. The molecule has 2 aromatic carbocycles. The fourth-order valence-electron chi connectivity index (χ4n) is 3.38. The van der Waals surface area contributed by atoms with Gasteiger partial charge in [0.15, 0.2) is 6.29 Å². The third kappa shape index (κ3) is 6.03. The highest BCUT2D eigenvalue weighted by Crippen LogP contribution is 2.26. The molecule has 0 aliphatic carbocycles. The van der Waals surface area contributed by atoms with Crippen molar-refractivity contribution in [3.63, 3.8) is 0 Å². The maximum absolute atomic E-state index is 13.0. The van der Waals surface area contributed by atoms with Crippen molar-refractivity contribution in [2.24, 2.45) is 0 Å². The zero-order chi connectivity index (χ0) is 22.1. The SMILES string of the molecule is CCOc1ccc(-c2cc3ccccc3c(C(=O)NCCC(OCC)OCC)n2)cc1. The molecule has 1 N–H and O–H groups in total. The van der Waals surface area contributed by atoms with Crippen LogP contribution >= 0.6 is 0 Å². The molecule has 0 spiro atoms. The number of aromatic nitrogens is 1. The summed E-state index contributed by atoms with van der Waals surface area (Å²) in [5.41, 5.74) is 2.08. The predicted molar refractivity (Wildman–Crippen MR) is 122 cm³/mol. The third-order valence-electron chi connectivity index (χ3n) is 4.79. The average molecular weight is 423 g/mol. The fourth-order valence-corrected chi connectivity index (χ4v) is 3.38. The Balaban J connectivity index is 1.82. The summed E-state index contributed by atoms with van der Waals surface area (Å²) < 4.78 is 16.6. The zero-order valence-corrected chi connectivity index (χ0v) is 18.4. The summed E-state index contributed by atoms with van der Waals surface area (Å²) in [5, 5.41) is 4.75. The van der Waals surface area contributed by atoms with Crippen LogP contribution in [0.5, 0.6) is 5.75 Å². The van der Waals surface area contributed by atoms with Gasteiger partial charge in [-0.3, -0.25) is 4.79 Å². The lowest BCUT2D eigenvalue weighted by atomic mass is 10.0. The number of pyridine rings is 1. The van der Waals surface area contributed by atoms with Crippen LogP contribution < -0.4 is 10.1 Å². The monoisotopic (exact) mass is 422 g/mol. The number of fused-ring (bicyclic) bond motifs is 1. The van der Waals surface area contributed by atoms with E-state index < -0.39 is 0 Å². The molecule has 3 rings (SSSR count). The Morgan fingerprint density at radius 1 is 0.968 bits per heavy atom. The molecule has 0 bridgehead atoms. The van der Waals surface area contributed by atoms with Gasteiger partial charge in [-0.25, -0.2) is 4.98 Å². The van der Waals surface area contributed by atoms with Crippen molar-refractivity contribution in [1.29, 1.82) is 0 Å². The molecule has 164 valence electrons. The molecule has 31 heavy (non-hydrogen) atoms. The van der Waals surface area contributed by atoms with E-state index in [4.69, 9.17) is 19.2 Å². The van der Waals surface area contributed by atoms with Crippen LogP contribution in [0.15, 0.2) is 54.6 Å². The number of hydrogen-bond donors (Lipinski definition) is 1. The summed E-state index contributed by atoms with van der Waals surface area (Å²) >= 11 is 0. The van der Waals surface area contributed by atoms with E-state index in [1.807, 2.05) is 75.4 Å². The molecule has 0 aliphatic rings. The van der Waals surface area contributed by atoms with Crippen LogP contribution in [0.25, 0.3) is 22.0 Å². The molecule has 1 heterocycles. The topological polar surface area (TPSA) is 69.7 Å². The van der Waals surface area contributed by atoms with E-state index in [1.165, 1.54) is 0 Å². The van der Waals surface area contributed by atoms with Gasteiger partial charge in [0.25, 0.3) is 5.91 Å². The predicted octanol–water partition coefficient (Wildman–Crippen LogP) is 4.82. The third-order valence-corrected chi connectivity index (χ3v) is 4.79. The minimum absolute atomic E-state index is 0.212. The van der Waals surface area contributed by atoms with Crippen molar-refractivity contribution in [3.8, 4) is 17.0 Å². The van der Waals surface area contributed by atoms with Gasteiger partial charge >= 0.3 is 0 Å². The Hall–Kier alpha value is -2.96. The summed E-state index contributed by atoms with van der Waals surface area (Å²) in [6.45, 7) is 7.98. The molecule has 0 aliphatic heterocycles. The first kappa shape index (κ1) is 22.7. The Labute approximate surface area is 183 Å². The molecule has 0 saturated carbocycles. The minimum atomic E-state index is -0.324. The number of benzene rings is 2. The number of amides is 1. The number of carbonyl (C=O) groups excluding carboxylic acids is 1. The van der Waals surface area contributed by atoms with E-state index in [0.717, 1.165) is 27.8 Å². The van der Waals surface area contributed by atoms with Crippen LogP contribution in [0, 0.1) is 0 Å². The second-order valence-electron chi connectivity index (χ2n) is 6.92. The van der Waals surface area contributed by atoms with Crippen LogP contribution in [0.4, 0.5) is 0 Å². The molecule has 1 amide bonds. The normalized spacial score (nSPS) is 11.1. The first-order chi connectivity index (χ1) is 15.2. The van der Waals surface area contributed by atoms with Gasteiger partial charge in [-0.15, -0.1) is 0 Å². The molecule has 0 atom stereocenters. The molecule has 0 unspecified atom stereocenters. The van der Waals surface area contributed by atoms with E-state index in [9.17, 15) is 4.79 Å². The van der Waals surface area contributed by atoms with Crippen LogP contribution in [0.2, 0.25) is 0 Å². The van der Waals surface area contributed by atoms with Gasteiger partial charge < -0.3 is 19.5 Å². The van der Waals surface area contributed by atoms with E-state index in [2.05, 4.69) is 5.32 Å². The molecule has 3 aromatic rings. The number of nitrogens with one attached hydrogen (secondary N) is 1. The Morgan fingerprint density at radius 3 is 2.35 bits per heavy atom. The van der Waals surface area contributed by atoms with Gasteiger partial charge in [0.1, 0.15) is 11.4 Å². The fraction of sp³-hybridized carbons (Fsp3) is 0.360. The Morgan fingerprint density at radius 2 is 1.68 bits per heavy atom. The van der Waals surface area contributed by atoms with Crippen molar-refractivity contribution >= 4 is 16.7 Å². The summed E-state index contributed by atoms with van der Waals surface area (Å²) in [5.74, 6) is 0.596. The second kappa shape index (κ2) is 11.4. The van der Waals surface area contributed by atoms with Crippen molar-refractivity contribution in [1.82, 2.24) is 10.3 Å². The van der Waals surface area contributed by atoms with Gasteiger partial charge in [-0.05, 0) is 56.5 Å². The van der Waals surface area contributed by atoms with Crippen LogP contribution in [-0.4, -0.2) is 43.5 Å². The van der Waals surface area contributed by atoms with Crippen LogP contribution in [0.3, 0.4) is 0 Å². The average Bonchev–Trinajstić information content (AvgIpc) is 2.79. The minimum Gasteiger partial charge on any atom is -0.494 e. The van der Waals surface area contributed by atoms with Gasteiger partial charge in [0.05, 0.1) is 12.3 Å². The van der Waals surface area contributed by atoms with Crippen LogP contribution in [-0.2, 0) is 9.47 Å². The number of ether oxygens (including phenoxy) is 3. The second-order valence-corrected chi connectivity index (χ2v) is 6.92. The first-order valence-corrected chi connectivity index (χ1v) is 10.8. The quantitative estimate of drug-likeness (QED) is 0.449. The van der Waals surface area contributed by atoms with Gasteiger partial charge in [0.2, 0.25) is 0 Å². The van der Waals surface area contributed by atoms with Crippen molar-refractivity contribution in [3.05, 3.63) is 60.3 Å². The lowest BCUT2D eigenvalue weighted by Crippen LogP contribution is -2.30. The largest absolute Gasteiger partial charge is 0.494 e. The number of rotatable bonds is 11. The van der Waals surface area contributed by atoms with Crippen molar-refractivity contribution in [2.75, 3.05) is 26.4 Å². The highest BCUT2D eigenvalue weighted by Gasteiger charge is 2.16. The number of hydrogen-bond acceptors (Lipinski definition) is 5. The Bertz CT molecular complexity index is 982. The molecule has 1 aromatic heterocycles. The molecule has 6 heteroatoms. The maximum atomic E-state index is 13.0. The molecule has 0 radical (unpaired) electrons. The Kier molecular flexibility index (Phi) is 8.38. The van der Waals surface area contributed by atoms with Gasteiger partial charge in [-0.2, -0.15) is 0 Å². The number of nitrogens with zero attached hydrogens (tertiary/aromatic N) is 1. The first-order valence-electron chi connectivity index (χ1n) is 10.8. The molecular formula is C25H30N2O4. The molecule has 6 nitrogen and oxygen atoms in total. The maximum Gasteiger partial charge on any atom is 0.270 e. The molecular weight excluding hydrogens is 392 g/mol. The van der Waals surface area contributed by atoms with E-state index in [1.54, 1.807) is 0 Å². The highest BCUT2D eigenvalue weighted by molar-refractivity contribution is 6.06. The van der Waals surface area contributed by atoms with Gasteiger partial charge in [-0.1, -0.05) is 24.3 Å².